The normalized spacial score (nSPS) is 13.4. The highest BCUT2D eigenvalue weighted by atomic mass is 79.9. The lowest BCUT2D eigenvalue weighted by Crippen LogP contribution is -2.16. The predicted molar refractivity (Wildman–Crippen MR) is 78.9 cm³/mol. The third kappa shape index (κ3) is 3.68. The maximum absolute atomic E-state index is 12.8. The molecule has 1 heterocycles. The number of halogens is 4. The first kappa shape index (κ1) is 16.1. The highest BCUT2D eigenvalue weighted by Crippen LogP contribution is 2.37. The summed E-state index contributed by atoms with van der Waals surface area (Å²) >= 11 is 3.27. The van der Waals surface area contributed by atoms with Gasteiger partial charge in [-0.2, -0.15) is 13.2 Å². The average Bonchev–Trinajstić information content (AvgIpc) is 2.87. The first-order valence-electron chi connectivity index (χ1n) is 6.53. The molecule has 0 spiro atoms. The molecule has 2 rings (SSSR count). The van der Waals surface area contributed by atoms with Crippen molar-refractivity contribution >= 4 is 15.9 Å². The molecule has 21 heavy (non-hydrogen) atoms. The Morgan fingerprint density at radius 1 is 1.24 bits per heavy atom. The van der Waals surface area contributed by atoms with E-state index in [2.05, 4.69) is 21.2 Å². The third-order valence-electron chi connectivity index (χ3n) is 3.12. The minimum Gasteiger partial charge on any atom is -0.459 e. The quantitative estimate of drug-likeness (QED) is 0.788. The van der Waals surface area contributed by atoms with E-state index in [9.17, 15) is 13.2 Å². The van der Waals surface area contributed by atoms with E-state index in [-0.39, 0.29) is 6.04 Å². The van der Waals surface area contributed by atoms with Crippen LogP contribution in [0, 0.1) is 0 Å². The van der Waals surface area contributed by atoms with E-state index < -0.39 is 11.7 Å². The van der Waals surface area contributed by atoms with Crippen LogP contribution in [0.5, 0.6) is 0 Å². The summed E-state index contributed by atoms with van der Waals surface area (Å²) in [4.78, 5) is 0. The molecule has 1 aromatic carbocycles. The van der Waals surface area contributed by atoms with Crippen molar-refractivity contribution in [1.82, 2.24) is 5.32 Å². The van der Waals surface area contributed by atoms with Crippen LogP contribution in [0.1, 0.15) is 31.2 Å². The van der Waals surface area contributed by atoms with E-state index >= 15 is 0 Å². The van der Waals surface area contributed by atoms with Gasteiger partial charge < -0.3 is 9.73 Å². The lowest BCUT2D eigenvalue weighted by atomic mass is 10.1. The number of alkyl halides is 3. The van der Waals surface area contributed by atoms with Crippen LogP contribution in [0.2, 0.25) is 0 Å². The molecule has 1 atom stereocenters. The topological polar surface area (TPSA) is 25.2 Å². The zero-order valence-corrected chi connectivity index (χ0v) is 13.2. The number of rotatable bonds is 4. The number of hydrogen-bond acceptors (Lipinski definition) is 2. The first-order valence-corrected chi connectivity index (χ1v) is 7.32. The molecule has 0 aliphatic carbocycles. The van der Waals surface area contributed by atoms with E-state index in [4.69, 9.17) is 4.42 Å². The van der Waals surface area contributed by atoms with Gasteiger partial charge in [-0.05, 0) is 43.8 Å². The molecular weight excluding hydrogens is 347 g/mol. The summed E-state index contributed by atoms with van der Waals surface area (Å²) in [7, 11) is 0. The number of furan rings is 1. The molecule has 0 fully saturated rings. The monoisotopic (exact) mass is 361 g/mol. The Kier molecular flexibility index (Phi) is 4.78. The van der Waals surface area contributed by atoms with Gasteiger partial charge >= 0.3 is 6.18 Å². The Morgan fingerprint density at radius 3 is 2.57 bits per heavy atom. The Hall–Kier alpha value is -1.27. The van der Waals surface area contributed by atoms with Crippen LogP contribution >= 0.6 is 15.9 Å². The Labute approximate surface area is 129 Å². The molecule has 0 aliphatic rings. The maximum atomic E-state index is 12.8. The molecule has 2 aromatic rings. The second-order valence-corrected chi connectivity index (χ2v) is 5.53. The van der Waals surface area contributed by atoms with Crippen molar-refractivity contribution in [1.29, 1.82) is 0 Å². The molecule has 114 valence electrons. The Balaban J connectivity index is 2.38. The molecule has 1 unspecified atom stereocenters. The lowest BCUT2D eigenvalue weighted by molar-refractivity contribution is -0.137. The maximum Gasteiger partial charge on any atom is 0.416 e. The third-order valence-corrected chi connectivity index (χ3v) is 3.81. The van der Waals surface area contributed by atoms with Crippen molar-refractivity contribution in [3.05, 3.63) is 46.1 Å². The lowest BCUT2D eigenvalue weighted by Gasteiger charge is -2.10. The summed E-state index contributed by atoms with van der Waals surface area (Å²) in [5.41, 5.74) is -0.307. The van der Waals surface area contributed by atoms with Crippen molar-refractivity contribution in [2.24, 2.45) is 0 Å². The fourth-order valence-corrected chi connectivity index (χ4v) is 2.47. The van der Waals surface area contributed by atoms with Crippen LogP contribution in [0.4, 0.5) is 13.2 Å². The van der Waals surface area contributed by atoms with Crippen LogP contribution in [0.15, 0.2) is 39.2 Å². The molecule has 0 bridgehead atoms. The summed E-state index contributed by atoms with van der Waals surface area (Å²) in [6, 6.07) is 6.98. The zero-order chi connectivity index (χ0) is 15.6. The van der Waals surface area contributed by atoms with Gasteiger partial charge in [0, 0.05) is 10.0 Å². The SMILES string of the molecule is CCNC(C)c1ccc(-c2cc(C(F)(F)F)ccc2Br)o1. The smallest absolute Gasteiger partial charge is 0.416 e. The minimum atomic E-state index is -4.37. The van der Waals surface area contributed by atoms with Gasteiger partial charge in [0.05, 0.1) is 11.6 Å². The summed E-state index contributed by atoms with van der Waals surface area (Å²) in [6.45, 7) is 4.70. The number of benzene rings is 1. The van der Waals surface area contributed by atoms with Crippen molar-refractivity contribution in [3.8, 4) is 11.3 Å². The molecule has 0 saturated heterocycles. The van der Waals surface area contributed by atoms with Crippen molar-refractivity contribution in [3.63, 3.8) is 0 Å². The van der Waals surface area contributed by atoms with Gasteiger partial charge in [-0.3, -0.25) is 0 Å². The van der Waals surface area contributed by atoms with Crippen LogP contribution < -0.4 is 5.32 Å². The van der Waals surface area contributed by atoms with E-state index in [0.29, 0.717) is 21.6 Å². The first-order chi connectivity index (χ1) is 9.82. The number of nitrogens with one attached hydrogen (secondary N) is 1. The minimum absolute atomic E-state index is 0.00771. The van der Waals surface area contributed by atoms with E-state index in [1.165, 1.54) is 6.07 Å². The molecule has 6 heteroatoms. The van der Waals surface area contributed by atoms with Crippen LogP contribution in [0.3, 0.4) is 0 Å². The molecule has 0 aliphatic heterocycles. The van der Waals surface area contributed by atoms with Crippen LogP contribution in [0.25, 0.3) is 11.3 Å². The standard InChI is InChI=1S/C15H15BrF3NO/c1-3-20-9(2)13-6-7-14(21-13)11-8-10(15(17,18)19)4-5-12(11)16/h4-9,20H,3H2,1-2H3. The fraction of sp³-hybridized carbons (Fsp3) is 0.333. The van der Waals surface area contributed by atoms with Crippen LogP contribution in [-0.2, 0) is 6.18 Å². The van der Waals surface area contributed by atoms with Gasteiger partial charge in [-0.1, -0.05) is 22.9 Å². The molecule has 2 nitrogen and oxygen atoms in total. The van der Waals surface area contributed by atoms with Crippen molar-refractivity contribution in [2.75, 3.05) is 6.54 Å². The van der Waals surface area contributed by atoms with Gasteiger partial charge in [-0.25, -0.2) is 0 Å². The predicted octanol–water partition coefficient (Wildman–Crippen LogP) is 5.40. The number of hydrogen-bond donors (Lipinski definition) is 1. The summed E-state index contributed by atoms with van der Waals surface area (Å²) in [5.74, 6) is 1.10. The summed E-state index contributed by atoms with van der Waals surface area (Å²) < 4.78 is 44.6. The molecule has 0 amide bonds. The van der Waals surface area contributed by atoms with E-state index in [0.717, 1.165) is 18.7 Å². The van der Waals surface area contributed by atoms with Gasteiger partial charge in [-0.15, -0.1) is 0 Å². The highest BCUT2D eigenvalue weighted by molar-refractivity contribution is 9.10. The fourth-order valence-electron chi connectivity index (χ4n) is 2.03. The Bertz CT molecular complexity index is 622. The summed E-state index contributed by atoms with van der Waals surface area (Å²) in [6.07, 6.45) is -4.37. The van der Waals surface area contributed by atoms with Gasteiger partial charge in [0.15, 0.2) is 0 Å². The zero-order valence-electron chi connectivity index (χ0n) is 11.6. The highest BCUT2D eigenvalue weighted by Gasteiger charge is 2.31. The van der Waals surface area contributed by atoms with Gasteiger partial charge in [0.1, 0.15) is 11.5 Å². The van der Waals surface area contributed by atoms with E-state index in [1.54, 1.807) is 12.1 Å². The van der Waals surface area contributed by atoms with Gasteiger partial charge in [0.2, 0.25) is 0 Å². The molecule has 0 radical (unpaired) electrons. The largest absolute Gasteiger partial charge is 0.459 e. The molecule has 0 saturated carbocycles. The summed E-state index contributed by atoms with van der Waals surface area (Å²) in [5, 5.41) is 3.19. The van der Waals surface area contributed by atoms with Crippen LogP contribution in [-0.4, -0.2) is 6.54 Å². The Morgan fingerprint density at radius 2 is 1.95 bits per heavy atom. The molecular formula is C15H15BrF3NO. The second kappa shape index (κ2) is 6.23. The van der Waals surface area contributed by atoms with Gasteiger partial charge in [0.25, 0.3) is 0 Å². The van der Waals surface area contributed by atoms with E-state index in [1.807, 2.05) is 13.8 Å². The van der Waals surface area contributed by atoms with Crippen molar-refractivity contribution in [2.45, 2.75) is 26.1 Å². The average molecular weight is 362 g/mol. The second-order valence-electron chi connectivity index (χ2n) is 4.67. The van der Waals surface area contributed by atoms with Crippen molar-refractivity contribution < 1.29 is 17.6 Å². The molecule has 1 aromatic heterocycles. The molecule has 1 N–H and O–H groups in total.